The fraction of sp³-hybridized carbons (Fsp3) is 0.312. The molecule has 1 aromatic carbocycles. The van der Waals surface area contributed by atoms with Gasteiger partial charge >= 0.3 is 0 Å². The van der Waals surface area contributed by atoms with Crippen LogP contribution >= 0.6 is 11.3 Å². The lowest BCUT2D eigenvalue weighted by Crippen LogP contribution is -2.13. The zero-order chi connectivity index (χ0) is 15.7. The Morgan fingerprint density at radius 3 is 2.50 bits per heavy atom. The van der Waals surface area contributed by atoms with Crippen molar-refractivity contribution in [2.24, 2.45) is 5.92 Å². The number of hydrogen-bond acceptors (Lipinski definition) is 4. The second kappa shape index (κ2) is 5.88. The molecule has 6 heteroatoms. The number of nitrogens with zero attached hydrogens (tertiary/aromatic N) is 1. The summed E-state index contributed by atoms with van der Waals surface area (Å²) in [5, 5.41) is 6.15. The van der Waals surface area contributed by atoms with Gasteiger partial charge in [0.15, 0.2) is 5.13 Å². The Bertz CT molecular complexity index is 714. The minimum Gasteiger partial charge on any atom is -0.321 e. The van der Waals surface area contributed by atoms with Gasteiger partial charge in [-0.1, -0.05) is 29.5 Å². The van der Waals surface area contributed by atoms with Gasteiger partial charge in [-0.3, -0.25) is 9.59 Å². The molecule has 1 fully saturated rings. The molecule has 0 unspecified atom stereocenters. The van der Waals surface area contributed by atoms with Gasteiger partial charge < -0.3 is 10.6 Å². The minimum atomic E-state index is -0.207. The number of carbonyl (C=O) groups is 2. The normalized spacial score (nSPS) is 13.7. The van der Waals surface area contributed by atoms with Crippen LogP contribution in [0.4, 0.5) is 10.8 Å². The summed E-state index contributed by atoms with van der Waals surface area (Å²) in [6.45, 7) is 3.91. The van der Waals surface area contributed by atoms with Crippen LogP contribution in [0.1, 0.15) is 33.6 Å². The molecule has 3 rings (SSSR count). The van der Waals surface area contributed by atoms with Crippen LogP contribution in [-0.2, 0) is 4.79 Å². The summed E-state index contributed by atoms with van der Waals surface area (Å²) < 4.78 is 0. The van der Waals surface area contributed by atoms with Crippen molar-refractivity contribution >= 4 is 34.0 Å². The lowest BCUT2D eigenvalue weighted by atomic mass is 10.1. The van der Waals surface area contributed by atoms with E-state index in [2.05, 4.69) is 15.6 Å². The van der Waals surface area contributed by atoms with E-state index in [0.29, 0.717) is 10.0 Å². The molecule has 1 heterocycles. The standard InChI is InChI=1S/C16H17N3O2S/c1-9-4-3-5-10(2)13(9)18-15(21)12-8-17-16(22-12)19-14(20)11-6-7-11/h3-5,8,11H,6-7H2,1-2H3,(H,18,21)(H,17,19,20). The number of para-hydroxylation sites is 1. The Labute approximate surface area is 132 Å². The molecule has 0 saturated heterocycles. The maximum Gasteiger partial charge on any atom is 0.267 e. The van der Waals surface area contributed by atoms with Crippen LogP contribution < -0.4 is 10.6 Å². The first-order valence-electron chi connectivity index (χ1n) is 7.19. The summed E-state index contributed by atoms with van der Waals surface area (Å²) in [6, 6.07) is 5.87. The lowest BCUT2D eigenvalue weighted by molar-refractivity contribution is -0.117. The summed E-state index contributed by atoms with van der Waals surface area (Å²) in [5.74, 6) is -0.0892. The summed E-state index contributed by atoms with van der Waals surface area (Å²) in [7, 11) is 0. The van der Waals surface area contributed by atoms with Crippen LogP contribution in [0.5, 0.6) is 0 Å². The fourth-order valence-corrected chi connectivity index (χ4v) is 2.89. The van der Waals surface area contributed by atoms with Gasteiger partial charge in [-0.2, -0.15) is 0 Å². The Morgan fingerprint density at radius 1 is 1.18 bits per heavy atom. The smallest absolute Gasteiger partial charge is 0.267 e. The van der Waals surface area contributed by atoms with Gasteiger partial charge in [-0.15, -0.1) is 0 Å². The molecule has 1 saturated carbocycles. The van der Waals surface area contributed by atoms with Gasteiger partial charge in [0.25, 0.3) is 5.91 Å². The van der Waals surface area contributed by atoms with E-state index in [1.54, 1.807) is 0 Å². The average molecular weight is 315 g/mol. The Hall–Kier alpha value is -2.21. The van der Waals surface area contributed by atoms with Gasteiger partial charge in [0, 0.05) is 11.6 Å². The largest absolute Gasteiger partial charge is 0.321 e. The van der Waals surface area contributed by atoms with Crippen molar-refractivity contribution < 1.29 is 9.59 Å². The van der Waals surface area contributed by atoms with Crippen molar-refractivity contribution in [1.29, 1.82) is 0 Å². The summed E-state index contributed by atoms with van der Waals surface area (Å²) in [5.41, 5.74) is 2.85. The Balaban J connectivity index is 1.70. The molecule has 1 aliphatic rings. The predicted molar refractivity (Wildman–Crippen MR) is 87.3 cm³/mol. The quantitative estimate of drug-likeness (QED) is 0.909. The van der Waals surface area contributed by atoms with E-state index >= 15 is 0 Å². The van der Waals surface area contributed by atoms with Crippen molar-refractivity contribution in [1.82, 2.24) is 4.98 Å². The van der Waals surface area contributed by atoms with Crippen LogP contribution in [0.3, 0.4) is 0 Å². The topological polar surface area (TPSA) is 71.1 Å². The number of rotatable bonds is 4. The highest BCUT2D eigenvalue weighted by Gasteiger charge is 2.30. The summed E-state index contributed by atoms with van der Waals surface area (Å²) >= 11 is 1.19. The van der Waals surface area contributed by atoms with Crippen LogP contribution in [0.2, 0.25) is 0 Å². The molecule has 5 nitrogen and oxygen atoms in total. The van der Waals surface area contributed by atoms with E-state index in [9.17, 15) is 9.59 Å². The average Bonchev–Trinajstić information content (AvgIpc) is 3.23. The van der Waals surface area contributed by atoms with Crippen molar-refractivity contribution in [2.75, 3.05) is 10.6 Å². The van der Waals surface area contributed by atoms with Gasteiger partial charge in [0.05, 0.1) is 6.20 Å². The number of aryl methyl sites for hydroxylation is 2. The van der Waals surface area contributed by atoms with Crippen molar-refractivity contribution in [2.45, 2.75) is 26.7 Å². The zero-order valence-electron chi connectivity index (χ0n) is 12.5. The second-order valence-corrected chi connectivity index (χ2v) is 6.54. The van der Waals surface area contributed by atoms with Crippen LogP contribution in [0.25, 0.3) is 0 Å². The number of nitrogens with one attached hydrogen (secondary N) is 2. The molecule has 0 radical (unpaired) electrons. The SMILES string of the molecule is Cc1cccc(C)c1NC(=O)c1cnc(NC(=O)C2CC2)s1. The van der Waals surface area contributed by atoms with Crippen molar-refractivity contribution in [3.05, 3.63) is 40.4 Å². The van der Waals surface area contributed by atoms with Gasteiger partial charge in [0.1, 0.15) is 4.88 Å². The third-order valence-electron chi connectivity index (χ3n) is 3.63. The molecule has 2 amide bonds. The molecule has 0 bridgehead atoms. The van der Waals surface area contributed by atoms with Crippen molar-refractivity contribution in [3.63, 3.8) is 0 Å². The highest BCUT2D eigenvalue weighted by Crippen LogP contribution is 2.31. The predicted octanol–water partition coefficient (Wildman–Crippen LogP) is 3.36. The first-order valence-corrected chi connectivity index (χ1v) is 8.00. The van der Waals surface area contributed by atoms with Crippen LogP contribution in [0.15, 0.2) is 24.4 Å². The van der Waals surface area contributed by atoms with Gasteiger partial charge in [-0.05, 0) is 37.8 Å². The number of benzene rings is 1. The molecule has 1 aromatic heterocycles. The molecule has 1 aliphatic carbocycles. The summed E-state index contributed by atoms with van der Waals surface area (Å²) in [6.07, 6.45) is 3.38. The Morgan fingerprint density at radius 2 is 1.86 bits per heavy atom. The number of thiazole rings is 1. The number of aromatic nitrogens is 1. The first-order chi connectivity index (χ1) is 10.5. The van der Waals surface area contributed by atoms with Gasteiger partial charge in [-0.25, -0.2) is 4.98 Å². The van der Waals surface area contributed by atoms with E-state index in [0.717, 1.165) is 29.7 Å². The van der Waals surface area contributed by atoms with E-state index < -0.39 is 0 Å². The van der Waals surface area contributed by atoms with Crippen LogP contribution in [-0.4, -0.2) is 16.8 Å². The molecule has 0 atom stereocenters. The molecule has 22 heavy (non-hydrogen) atoms. The molecule has 0 spiro atoms. The molecule has 114 valence electrons. The summed E-state index contributed by atoms with van der Waals surface area (Å²) in [4.78, 5) is 28.6. The monoisotopic (exact) mass is 315 g/mol. The van der Waals surface area contributed by atoms with E-state index in [-0.39, 0.29) is 17.7 Å². The lowest BCUT2D eigenvalue weighted by Gasteiger charge is -2.10. The fourth-order valence-electron chi connectivity index (χ4n) is 2.18. The minimum absolute atomic E-state index is 0.00365. The van der Waals surface area contributed by atoms with Gasteiger partial charge in [0.2, 0.25) is 5.91 Å². The van der Waals surface area contributed by atoms with E-state index in [1.165, 1.54) is 17.5 Å². The van der Waals surface area contributed by atoms with E-state index in [4.69, 9.17) is 0 Å². The molecule has 2 N–H and O–H groups in total. The molecule has 0 aliphatic heterocycles. The molecule has 2 aromatic rings. The maximum absolute atomic E-state index is 12.3. The number of amides is 2. The number of hydrogen-bond donors (Lipinski definition) is 2. The highest BCUT2D eigenvalue weighted by molar-refractivity contribution is 7.17. The highest BCUT2D eigenvalue weighted by atomic mass is 32.1. The third kappa shape index (κ3) is 3.17. The maximum atomic E-state index is 12.3. The van der Waals surface area contributed by atoms with Crippen molar-refractivity contribution in [3.8, 4) is 0 Å². The molecular weight excluding hydrogens is 298 g/mol. The molecular formula is C16H17N3O2S. The zero-order valence-corrected chi connectivity index (χ0v) is 13.3. The van der Waals surface area contributed by atoms with E-state index in [1.807, 2.05) is 32.0 Å². The second-order valence-electron chi connectivity index (χ2n) is 5.51. The number of anilines is 2. The Kier molecular flexibility index (Phi) is 3.94. The van der Waals surface area contributed by atoms with Crippen LogP contribution in [0, 0.1) is 19.8 Å². The third-order valence-corrected chi connectivity index (χ3v) is 4.54. The first kappa shape index (κ1) is 14.7. The number of carbonyl (C=O) groups excluding carboxylic acids is 2.